The van der Waals surface area contributed by atoms with Crippen molar-refractivity contribution in [1.29, 1.82) is 0 Å². The number of hydrogen-bond donors (Lipinski definition) is 1. The summed E-state index contributed by atoms with van der Waals surface area (Å²) in [6, 6.07) is 9.43. The Hall–Kier alpha value is -2.03. The summed E-state index contributed by atoms with van der Waals surface area (Å²) in [6.07, 6.45) is 0.707. The van der Waals surface area contributed by atoms with Crippen LogP contribution in [0.3, 0.4) is 0 Å². The Kier molecular flexibility index (Phi) is 2.77. The molecule has 0 aliphatic carbocycles. The van der Waals surface area contributed by atoms with Crippen LogP contribution in [-0.2, 0) is 0 Å². The average molecular weight is 215 g/mol. The molecule has 0 saturated carbocycles. The van der Waals surface area contributed by atoms with Crippen LogP contribution in [0.15, 0.2) is 34.7 Å². The van der Waals surface area contributed by atoms with E-state index in [1.165, 1.54) is 0 Å². The van der Waals surface area contributed by atoms with Crippen molar-refractivity contribution in [2.75, 3.05) is 12.4 Å². The molecule has 0 bridgehead atoms. The predicted molar refractivity (Wildman–Crippen MR) is 63.8 cm³/mol. The molecule has 16 heavy (non-hydrogen) atoms. The first-order valence-electron chi connectivity index (χ1n) is 5.09. The third kappa shape index (κ3) is 1.72. The van der Waals surface area contributed by atoms with Gasteiger partial charge in [-0.15, -0.1) is 0 Å². The highest BCUT2D eigenvalue weighted by Gasteiger charge is 2.09. The molecule has 0 radical (unpaired) electrons. The van der Waals surface area contributed by atoms with Crippen molar-refractivity contribution in [3.8, 4) is 11.3 Å². The highest BCUT2D eigenvalue weighted by molar-refractivity contribution is 5.79. The van der Waals surface area contributed by atoms with E-state index in [0.29, 0.717) is 17.8 Å². The zero-order chi connectivity index (χ0) is 11.5. The summed E-state index contributed by atoms with van der Waals surface area (Å²) in [5, 5.41) is 3.14. The van der Waals surface area contributed by atoms with E-state index < -0.39 is 0 Å². The van der Waals surface area contributed by atoms with E-state index in [1.807, 2.05) is 32.2 Å². The molecule has 0 fully saturated rings. The Morgan fingerprint density at radius 1 is 1.25 bits per heavy atom. The Labute approximate surface area is 94.1 Å². The molecule has 2 rings (SSSR count). The van der Waals surface area contributed by atoms with Crippen molar-refractivity contribution >= 4 is 12.0 Å². The Balaban J connectivity index is 2.54. The molecule has 0 atom stereocenters. The second-order valence-corrected chi connectivity index (χ2v) is 3.57. The van der Waals surface area contributed by atoms with Crippen molar-refractivity contribution < 1.29 is 9.21 Å². The standard InChI is InChI=1S/C13H13NO2/c1-9-4-3-5-11(13(9)14-2)12-7-6-10(8-15)16-12/h3-8,14H,1-2H3. The maximum absolute atomic E-state index is 10.6. The van der Waals surface area contributed by atoms with E-state index in [4.69, 9.17) is 4.42 Å². The number of hydrogen-bond acceptors (Lipinski definition) is 3. The van der Waals surface area contributed by atoms with Crippen molar-refractivity contribution in [3.63, 3.8) is 0 Å². The molecular weight excluding hydrogens is 202 g/mol. The Morgan fingerprint density at radius 2 is 2.06 bits per heavy atom. The topological polar surface area (TPSA) is 42.2 Å². The zero-order valence-corrected chi connectivity index (χ0v) is 9.28. The summed E-state index contributed by atoms with van der Waals surface area (Å²) >= 11 is 0. The number of para-hydroxylation sites is 1. The molecule has 0 saturated heterocycles. The van der Waals surface area contributed by atoms with E-state index in [-0.39, 0.29) is 0 Å². The Morgan fingerprint density at radius 3 is 2.69 bits per heavy atom. The summed E-state index contributed by atoms with van der Waals surface area (Å²) in [6.45, 7) is 2.03. The fraction of sp³-hybridized carbons (Fsp3) is 0.154. The highest BCUT2D eigenvalue weighted by atomic mass is 16.3. The van der Waals surface area contributed by atoms with Gasteiger partial charge in [0.15, 0.2) is 12.0 Å². The molecule has 2 aromatic rings. The molecule has 0 amide bonds. The third-order valence-electron chi connectivity index (χ3n) is 2.53. The van der Waals surface area contributed by atoms with E-state index >= 15 is 0 Å². The number of rotatable bonds is 3. The lowest BCUT2D eigenvalue weighted by Gasteiger charge is -2.09. The largest absolute Gasteiger partial charge is 0.453 e. The van der Waals surface area contributed by atoms with Gasteiger partial charge in [0.25, 0.3) is 0 Å². The van der Waals surface area contributed by atoms with Crippen LogP contribution >= 0.6 is 0 Å². The molecular formula is C13H13NO2. The maximum atomic E-state index is 10.6. The van der Waals surface area contributed by atoms with Crippen LogP contribution < -0.4 is 5.32 Å². The number of carbonyl (C=O) groups excluding carboxylic acids is 1. The highest BCUT2D eigenvalue weighted by Crippen LogP contribution is 2.31. The second kappa shape index (κ2) is 4.23. The van der Waals surface area contributed by atoms with Gasteiger partial charge in [0, 0.05) is 18.3 Å². The van der Waals surface area contributed by atoms with Crippen molar-refractivity contribution in [2.45, 2.75) is 6.92 Å². The fourth-order valence-electron chi connectivity index (χ4n) is 1.77. The van der Waals surface area contributed by atoms with Gasteiger partial charge in [0.2, 0.25) is 0 Å². The number of furan rings is 1. The van der Waals surface area contributed by atoms with Gasteiger partial charge in [-0.3, -0.25) is 4.79 Å². The first-order valence-corrected chi connectivity index (χ1v) is 5.09. The Bertz CT molecular complexity index is 514. The molecule has 3 nitrogen and oxygen atoms in total. The van der Waals surface area contributed by atoms with Crippen LogP contribution in [0, 0.1) is 6.92 Å². The van der Waals surface area contributed by atoms with E-state index in [2.05, 4.69) is 5.32 Å². The van der Waals surface area contributed by atoms with E-state index in [0.717, 1.165) is 16.8 Å². The van der Waals surface area contributed by atoms with E-state index in [9.17, 15) is 4.79 Å². The molecule has 0 aliphatic heterocycles. The predicted octanol–water partition coefficient (Wildman–Crippen LogP) is 3.11. The third-order valence-corrected chi connectivity index (χ3v) is 2.53. The van der Waals surface area contributed by atoms with Crippen LogP contribution in [0.25, 0.3) is 11.3 Å². The van der Waals surface area contributed by atoms with Crippen LogP contribution in [0.2, 0.25) is 0 Å². The van der Waals surface area contributed by atoms with Crippen LogP contribution in [0.4, 0.5) is 5.69 Å². The minimum atomic E-state index is 0.346. The van der Waals surface area contributed by atoms with Crippen LogP contribution in [-0.4, -0.2) is 13.3 Å². The number of anilines is 1. The number of benzene rings is 1. The molecule has 3 heteroatoms. The van der Waals surface area contributed by atoms with Crippen LogP contribution in [0.5, 0.6) is 0 Å². The maximum Gasteiger partial charge on any atom is 0.185 e. The summed E-state index contributed by atoms with van der Waals surface area (Å²) < 4.78 is 5.41. The number of aldehydes is 1. The smallest absolute Gasteiger partial charge is 0.185 e. The van der Waals surface area contributed by atoms with Gasteiger partial charge in [-0.2, -0.15) is 0 Å². The monoisotopic (exact) mass is 215 g/mol. The molecule has 82 valence electrons. The number of carbonyl (C=O) groups is 1. The van der Waals surface area contributed by atoms with Gasteiger partial charge < -0.3 is 9.73 Å². The SMILES string of the molecule is CNc1c(C)cccc1-c1ccc(C=O)o1. The number of aryl methyl sites for hydroxylation is 1. The summed E-state index contributed by atoms with van der Waals surface area (Å²) in [5.74, 6) is 1.05. The van der Waals surface area contributed by atoms with Gasteiger partial charge in [-0.05, 0) is 30.7 Å². The zero-order valence-electron chi connectivity index (χ0n) is 9.28. The first-order chi connectivity index (χ1) is 7.76. The quantitative estimate of drug-likeness (QED) is 0.800. The van der Waals surface area contributed by atoms with Crippen molar-refractivity contribution in [1.82, 2.24) is 0 Å². The molecule has 0 spiro atoms. The lowest BCUT2D eigenvalue weighted by molar-refractivity contribution is 0.110. The lowest BCUT2D eigenvalue weighted by Crippen LogP contribution is -1.94. The van der Waals surface area contributed by atoms with Crippen molar-refractivity contribution in [2.24, 2.45) is 0 Å². The van der Waals surface area contributed by atoms with E-state index in [1.54, 1.807) is 12.1 Å². The first kappa shape index (κ1) is 10.5. The van der Waals surface area contributed by atoms with Gasteiger partial charge in [0.05, 0.1) is 0 Å². The molecule has 0 aliphatic rings. The minimum Gasteiger partial charge on any atom is -0.453 e. The normalized spacial score (nSPS) is 10.1. The molecule has 0 unspecified atom stereocenters. The van der Waals surface area contributed by atoms with Crippen molar-refractivity contribution in [3.05, 3.63) is 41.7 Å². The number of nitrogens with one attached hydrogen (secondary N) is 1. The van der Waals surface area contributed by atoms with Gasteiger partial charge in [-0.25, -0.2) is 0 Å². The van der Waals surface area contributed by atoms with Gasteiger partial charge >= 0.3 is 0 Å². The molecule has 1 heterocycles. The second-order valence-electron chi connectivity index (χ2n) is 3.57. The van der Waals surface area contributed by atoms with Gasteiger partial charge in [-0.1, -0.05) is 12.1 Å². The summed E-state index contributed by atoms with van der Waals surface area (Å²) in [4.78, 5) is 10.6. The summed E-state index contributed by atoms with van der Waals surface area (Å²) in [5.41, 5.74) is 3.13. The minimum absolute atomic E-state index is 0.346. The van der Waals surface area contributed by atoms with Crippen LogP contribution in [0.1, 0.15) is 16.1 Å². The summed E-state index contributed by atoms with van der Waals surface area (Å²) in [7, 11) is 1.87. The average Bonchev–Trinajstić information content (AvgIpc) is 2.77. The molecule has 1 aromatic carbocycles. The molecule has 1 N–H and O–H groups in total. The van der Waals surface area contributed by atoms with Gasteiger partial charge in [0.1, 0.15) is 5.76 Å². The lowest BCUT2D eigenvalue weighted by atomic mass is 10.1. The fourth-order valence-corrected chi connectivity index (χ4v) is 1.77. The molecule has 1 aromatic heterocycles.